The molecule has 28 heavy (non-hydrogen) atoms. The Bertz CT molecular complexity index is 1140. The average Bonchev–Trinajstić information content (AvgIpc) is 2.96. The Morgan fingerprint density at radius 3 is 2.57 bits per heavy atom. The summed E-state index contributed by atoms with van der Waals surface area (Å²) < 4.78 is 15.0. The maximum Gasteiger partial charge on any atom is 0.127 e. The molecule has 0 saturated heterocycles. The summed E-state index contributed by atoms with van der Waals surface area (Å²) in [4.78, 5) is 0. The van der Waals surface area contributed by atoms with Crippen LogP contribution >= 0.6 is 0 Å². The molecule has 0 aliphatic carbocycles. The third-order valence-corrected chi connectivity index (χ3v) is 5.55. The second kappa shape index (κ2) is 7.13. The summed E-state index contributed by atoms with van der Waals surface area (Å²) >= 11 is 0. The van der Waals surface area contributed by atoms with Crippen LogP contribution in [0.4, 0.5) is 4.39 Å². The summed E-state index contributed by atoms with van der Waals surface area (Å²) in [5.41, 5.74) is 5.04. The van der Waals surface area contributed by atoms with E-state index in [4.69, 9.17) is 0 Å². The summed E-state index contributed by atoms with van der Waals surface area (Å²) in [6, 6.07) is 21.8. The molecule has 1 aliphatic rings. The zero-order valence-electron chi connectivity index (χ0n) is 15.4. The number of hydrogen-bond donors (Lipinski definition) is 1. The van der Waals surface area contributed by atoms with Crippen molar-refractivity contribution in [3.8, 4) is 11.3 Å². The Morgan fingerprint density at radius 1 is 0.893 bits per heavy atom. The highest BCUT2D eigenvalue weighted by molar-refractivity contribution is 5.83. The lowest BCUT2D eigenvalue weighted by atomic mass is 9.84. The minimum atomic E-state index is -0.130. The van der Waals surface area contributed by atoms with Crippen LogP contribution in [0.2, 0.25) is 0 Å². The monoisotopic (exact) mass is 369 g/mol. The van der Waals surface area contributed by atoms with Crippen LogP contribution in [-0.4, -0.2) is 16.7 Å². The number of nitrogens with one attached hydrogen (secondary N) is 1. The van der Waals surface area contributed by atoms with Crippen LogP contribution in [0.15, 0.2) is 72.9 Å². The van der Waals surface area contributed by atoms with Gasteiger partial charge in [0, 0.05) is 24.2 Å². The van der Waals surface area contributed by atoms with Gasteiger partial charge in [0.05, 0.1) is 5.69 Å². The molecule has 0 spiro atoms. The van der Waals surface area contributed by atoms with Crippen LogP contribution in [0.3, 0.4) is 0 Å². The summed E-state index contributed by atoms with van der Waals surface area (Å²) in [5.74, 6) is -0.0972. The molecule has 0 saturated carbocycles. The molecule has 0 bridgehead atoms. The van der Waals surface area contributed by atoms with Crippen LogP contribution < -0.4 is 5.32 Å². The molecule has 1 aromatic heterocycles. The van der Waals surface area contributed by atoms with E-state index in [-0.39, 0.29) is 11.7 Å². The highest BCUT2D eigenvalue weighted by Gasteiger charge is 2.23. The molecule has 1 aliphatic heterocycles. The maximum absolute atomic E-state index is 15.0. The summed E-state index contributed by atoms with van der Waals surface area (Å²) in [6.07, 6.45) is 2.54. The molecule has 0 amide bonds. The first-order chi connectivity index (χ1) is 13.8. The summed E-state index contributed by atoms with van der Waals surface area (Å²) in [6.45, 7) is 1.63. The Hall–Kier alpha value is -3.11. The van der Waals surface area contributed by atoms with Crippen LogP contribution in [0.25, 0.3) is 22.0 Å². The van der Waals surface area contributed by atoms with E-state index in [2.05, 4.69) is 33.7 Å². The molecule has 138 valence electrons. The fourth-order valence-corrected chi connectivity index (χ4v) is 4.16. The number of aromatic nitrogens is 2. The zero-order valence-corrected chi connectivity index (χ0v) is 15.4. The third kappa shape index (κ3) is 3.06. The molecule has 3 nitrogen and oxygen atoms in total. The van der Waals surface area contributed by atoms with Crippen LogP contribution in [0.5, 0.6) is 0 Å². The molecule has 4 aromatic rings. The van der Waals surface area contributed by atoms with Gasteiger partial charge in [0.15, 0.2) is 0 Å². The second-order valence-corrected chi connectivity index (χ2v) is 7.26. The normalized spacial score (nSPS) is 16.5. The largest absolute Gasteiger partial charge is 0.313 e. The molecule has 1 unspecified atom stereocenters. The quantitative estimate of drug-likeness (QED) is 0.537. The summed E-state index contributed by atoms with van der Waals surface area (Å²) in [7, 11) is 0. The Morgan fingerprint density at radius 2 is 1.75 bits per heavy atom. The lowest BCUT2D eigenvalue weighted by Gasteiger charge is -2.20. The van der Waals surface area contributed by atoms with Crippen molar-refractivity contribution in [3.63, 3.8) is 0 Å². The Labute approximate surface area is 163 Å². The molecule has 2 heterocycles. The molecular weight excluding hydrogens is 349 g/mol. The van der Waals surface area contributed by atoms with Crippen molar-refractivity contribution in [3.05, 3.63) is 95.4 Å². The van der Waals surface area contributed by atoms with E-state index in [1.54, 1.807) is 12.3 Å². The molecule has 0 radical (unpaired) electrons. The van der Waals surface area contributed by atoms with Crippen LogP contribution in [-0.2, 0) is 6.54 Å². The standard InChI is InChI=1S/C24H20FN3/c25-23-14-17-5-2-1-4-16(17)13-22(23)21-9-11-26-15-19-12-18(7-8-20(19)21)24-6-3-10-27-28-24/h1-8,10,12-14,21,26H,9,11,15H2. The van der Waals surface area contributed by atoms with Gasteiger partial charge in [-0.2, -0.15) is 10.2 Å². The zero-order chi connectivity index (χ0) is 18.9. The first-order valence-electron chi connectivity index (χ1n) is 9.59. The van der Waals surface area contributed by atoms with Crippen molar-refractivity contribution in [1.82, 2.24) is 15.5 Å². The van der Waals surface area contributed by atoms with Gasteiger partial charge in [0.1, 0.15) is 5.82 Å². The van der Waals surface area contributed by atoms with Gasteiger partial charge >= 0.3 is 0 Å². The topological polar surface area (TPSA) is 37.8 Å². The van der Waals surface area contributed by atoms with Crippen molar-refractivity contribution in [2.75, 3.05) is 6.54 Å². The number of benzene rings is 3. The SMILES string of the molecule is Fc1cc2ccccc2cc1C1CCNCc2cc(-c3cccnn3)ccc21. The number of fused-ring (bicyclic) bond motifs is 2. The number of hydrogen-bond acceptors (Lipinski definition) is 3. The van der Waals surface area contributed by atoms with E-state index < -0.39 is 0 Å². The van der Waals surface area contributed by atoms with Gasteiger partial charge in [0.2, 0.25) is 0 Å². The minimum Gasteiger partial charge on any atom is -0.313 e. The van der Waals surface area contributed by atoms with Crippen molar-refractivity contribution in [2.45, 2.75) is 18.9 Å². The minimum absolute atomic E-state index is 0.0329. The lowest BCUT2D eigenvalue weighted by molar-refractivity contribution is 0.581. The molecule has 0 fully saturated rings. The highest BCUT2D eigenvalue weighted by Crippen LogP contribution is 2.36. The Balaban J connectivity index is 1.62. The van der Waals surface area contributed by atoms with E-state index in [0.29, 0.717) is 0 Å². The molecule has 1 atom stereocenters. The van der Waals surface area contributed by atoms with Crippen molar-refractivity contribution >= 4 is 10.8 Å². The van der Waals surface area contributed by atoms with Gasteiger partial charge in [-0.05, 0) is 70.8 Å². The van der Waals surface area contributed by atoms with Gasteiger partial charge in [-0.3, -0.25) is 0 Å². The van der Waals surface area contributed by atoms with Crippen molar-refractivity contribution in [1.29, 1.82) is 0 Å². The second-order valence-electron chi connectivity index (χ2n) is 7.26. The third-order valence-electron chi connectivity index (χ3n) is 5.55. The predicted octanol–water partition coefficient (Wildman–Crippen LogP) is 5.06. The van der Waals surface area contributed by atoms with E-state index in [9.17, 15) is 0 Å². The lowest BCUT2D eigenvalue weighted by Crippen LogP contribution is -2.12. The van der Waals surface area contributed by atoms with E-state index in [1.807, 2.05) is 42.5 Å². The fraction of sp³-hybridized carbons (Fsp3) is 0.167. The molecule has 3 aromatic carbocycles. The smallest absolute Gasteiger partial charge is 0.127 e. The Kier molecular flexibility index (Phi) is 4.34. The fourth-order valence-electron chi connectivity index (χ4n) is 4.16. The number of nitrogens with zero attached hydrogens (tertiary/aromatic N) is 2. The summed E-state index contributed by atoms with van der Waals surface area (Å²) in [5, 5.41) is 13.7. The van der Waals surface area contributed by atoms with E-state index in [1.165, 1.54) is 11.1 Å². The molecule has 5 rings (SSSR count). The van der Waals surface area contributed by atoms with Crippen molar-refractivity contribution in [2.24, 2.45) is 0 Å². The van der Waals surface area contributed by atoms with Gasteiger partial charge in [0.25, 0.3) is 0 Å². The first-order valence-corrected chi connectivity index (χ1v) is 9.59. The number of rotatable bonds is 2. The van der Waals surface area contributed by atoms with Crippen LogP contribution in [0.1, 0.15) is 29.0 Å². The van der Waals surface area contributed by atoms with Gasteiger partial charge in [-0.15, -0.1) is 0 Å². The highest BCUT2D eigenvalue weighted by atomic mass is 19.1. The van der Waals surface area contributed by atoms with Crippen molar-refractivity contribution < 1.29 is 4.39 Å². The number of halogens is 1. The molecule has 4 heteroatoms. The predicted molar refractivity (Wildman–Crippen MR) is 110 cm³/mol. The van der Waals surface area contributed by atoms with Crippen LogP contribution in [0, 0.1) is 5.82 Å². The first kappa shape index (κ1) is 17.0. The van der Waals surface area contributed by atoms with Gasteiger partial charge < -0.3 is 5.32 Å². The molecule has 1 N–H and O–H groups in total. The van der Waals surface area contributed by atoms with E-state index >= 15 is 4.39 Å². The average molecular weight is 369 g/mol. The molecular formula is C24H20FN3. The van der Waals surface area contributed by atoms with Gasteiger partial charge in [-0.25, -0.2) is 4.39 Å². The van der Waals surface area contributed by atoms with Gasteiger partial charge in [-0.1, -0.05) is 36.4 Å². The maximum atomic E-state index is 15.0. The van der Waals surface area contributed by atoms with E-state index in [0.717, 1.165) is 47.1 Å².